The first-order valence-corrected chi connectivity index (χ1v) is 17.8. The highest BCUT2D eigenvalue weighted by Crippen LogP contribution is 2.21. The number of ether oxygens (including phenoxy) is 1. The third kappa shape index (κ3) is 15.3. The number of hydrogen-bond acceptors (Lipinski definition) is 8. The van der Waals surface area contributed by atoms with E-state index in [9.17, 15) is 28.8 Å². The quantitative estimate of drug-likeness (QED) is 0.158. The first-order chi connectivity index (χ1) is 21.2. The molecule has 45 heavy (non-hydrogen) atoms. The van der Waals surface area contributed by atoms with Crippen molar-refractivity contribution in [3.63, 3.8) is 0 Å². The van der Waals surface area contributed by atoms with Gasteiger partial charge >= 0.3 is 5.97 Å². The van der Waals surface area contributed by atoms with Crippen LogP contribution >= 0.6 is 11.8 Å². The van der Waals surface area contributed by atoms with Gasteiger partial charge in [0.2, 0.25) is 29.5 Å². The minimum Gasteiger partial charge on any atom is -0.460 e. The van der Waals surface area contributed by atoms with Gasteiger partial charge < -0.3 is 31.3 Å². The number of nitrogens with one attached hydrogen (secondary N) is 5. The van der Waals surface area contributed by atoms with Gasteiger partial charge in [-0.2, -0.15) is 11.8 Å². The Morgan fingerprint density at radius 2 is 1.49 bits per heavy atom. The molecule has 2 unspecified atom stereocenters. The van der Waals surface area contributed by atoms with E-state index in [-0.39, 0.29) is 30.7 Å². The van der Waals surface area contributed by atoms with E-state index in [1.54, 1.807) is 13.8 Å². The lowest BCUT2D eigenvalue weighted by Gasteiger charge is -2.28. The third-order valence-corrected chi connectivity index (χ3v) is 8.46. The number of hydrogen-bond donors (Lipinski definition) is 5. The zero-order valence-electron chi connectivity index (χ0n) is 28.5. The average Bonchev–Trinajstić information content (AvgIpc) is 2.97. The van der Waals surface area contributed by atoms with Gasteiger partial charge in [-0.05, 0) is 55.9 Å². The van der Waals surface area contributed by atoms with E-state index >= 15 is 0 Å². The highest BCUT2D eigenvalue weighted by Gasteiger charge is 2.33. The number of cyclic esters (lactones) is 1. The van der Waals surface area contributed by atoms with Crippen molar-refractivity contribution in [1.82, 2.24) is 26.6 Å². The molecule has 0 saturated carbocycles. The van der Waals surface area contributed by atoms with Crippen LogP contribution in [0.2, 0.25) is 0 Å². The van der Waals surface area contributed by atoms with Crippen molar-refractivity contribution < 1.29 is 33.5 Å². The first kappa shape index (κ1) is 40.2. The van der Waals surface area contributed by atoms with E-state index in [0.29, 0.717) is 18.6 Å². The molecule has 13 heteroatoms. The van der Waals surface area contributed by atoms with Crippen LogP contribution in [0.15, 0.2) is 0 Å². The first-order valence-electron chi connectivity index (χ1n) is 16.4. The summed E-state index contributed by atoms with van der Waals surface area (Å²) in [6.07, 6.45) is 6.35. The fourth-order valence-electron chi connectivity index (χ4n) is 4.99. The second kappa shape index (κ2) is 21.1. The standard InChI is InChI=1S/C32H57N5O7S/c1-9-10-11-12-13-21(6)25-17-26(38)33-18-27(39)37-28(20(4)5)31(42)36-24(16-19(2)3)30(41)34-22(7)29(40)35-23(14-15-45-8)32(43)44-25/h19-25,28H,9-18H2,1-8H3,(H,33,38)(H,34,41)(H,35,40)(H,36,42)(H,37,39)/t21-,22-,23?,24-,25-,28?/m0/s1. The number of unbranched alkanes of at least 4 members (excludes halogenated alkanes) is 3. The molecule has 1 saturated heterocycles. The molecule has 0 aliphatic carbocycles. The van der Waals surface area contributed by atoms with Crippen molar-refractivity contribution in [2.45, 2.75) is 130 Å². The Labute approximate surface area is 273 Å². The lowest BCUT2D eigenvalue weighted by molar-refractivity contribution is -0.157. The maximum absolute atomic E-state index is 13.5. The molecule has 5 amide bonds. The van der Waals surface area contributed by atoms with Crippen LogP contribution in [0, 0.1) is 17.8 Å². The van der Waals surface area contributed by atoms with Crippen molar-refractivity contribution in [3.8, 4) is 0 Å². The lowest BCUT2D eigenvalue weighted by Crippen LogP contribution is -2.58. The lowest BCUT2D eigenvalue weighted by atomic mass is 9.94. The van der Waals surface area contributed by atoms with Crippen LogP contribution in [0.1, 0.15) is 99.8 Å². The topological polar surface area (TPSA) is 172 Å². The third-order valence-electron chi connectivity index (χ3n) is 7.82. The minimum absolute atomic E-state index is 0.0294. The molecule has 1 fully saturated rings. The highest BCUT2D eigenvalue weighted by atomic mass is 32.2. The number of carbonyl (C=O) groups is 6. The maximum atomic E-state index is 13.5. The summed E-state index contributed by atoms with van der Waals surface area (Å²) in [5, 5.41) is 13.4. The molecule has 0 aromatic carbocycles. The van der Waals surface area contributed by atoms with Crippen molar-refractivity contribution in [3.05, 3.63) is 0 Å². The fraction of sp³-hybridized carbons (Fsp3) is 0.812. The van der Waals surface area contributed by atoms with Crippen molar-refractivity contribution in [2.75, 3.05) is 18.6 Å². The fourth-order valence-corrected chi connectivity index (χ4v) is 5.46. The van der Waals surface area contributed by atoms with E-state index < -0.39 is 65.8 Å². The van der Waals surface area contributed by atoms with E-state index in [2.05, 4.69) is 33.5 Å². The number of thioether (sulfide) groups is 1. The van der Waals surface area contributed by atoms with E-state index in [1.165, 1.54) is 18.7 Å². The number of carbonyl (C=O) groups excluding carboxylic acids is 6. The van der Waals surface area contributed by atoms with Crippen LogP contribution in [0.25, 0.3) is 0 Å². The Kier molecular flexibility index (Phi) is 18.8. The SMILES string of the molecule is CCCCCC[C@H](C)[C@@H]1CC(=O)NCC(=O)NC(C(C)C)C(=O)N[C@@H](CC(C)C)C(=O)N[C@@H](C)C(=O)NC(CCSC)C(=O)O1. The van der Waals surface area contributed by atoms with Gasteiger partial charge in [0.25, 0.3) is 0 Å². The van der Waals surface area contributed by atoms with Gasteiger partial charge in [-0.1, -0.05) is 67.2 Å². The number of rotatable bonds is 12. The van der Waals surface area contributed by atoms with E-state index in [1.807, 2.05) is 27.0 Å². The van der Waals surface area contributed by atoms with Crippen LogP contribution in [0.4, 0.5) is 0 Å². The van der Waals surface area contributed by atoms with Crippen LogP contribution in [-0.4, -0.2) is 84.3 Å². The molecule has 0 radical (unpaired) electrons. The van der Waals surface area contributed by atoms with Gasteiger partial charge in [-0.25, -0.2) is 4.79 Å². The molecule has 258 valence electrons. The monoisotopic (exact) mass is 655 g/mol. The Bertz CT molecular complexity index is 993. The summed E-state index contributed by atoms with van der Waals surface area (Å²) in [6, 6.07) is -3.94. The van der Waals surface area contributed by atoms with Gasteiger partial charge in [-0.3, -0.25) is 24.0 Å². The van der Waals surface area contributed by atoms with Crippen LogP contribution in [0.5, 0.6) is 0 Å². The van der Waals surface area contributed by atoms with Gasteiger partial charge in [0.15, 0.2) is 0 Å². The van der Waals surface area contributed by atoms with Crippen molar-refractivity contribution in [1.29, 1.82) is 0 Å². The summed E-state index contributed by atoms with van der Waals surface area (Å²) in [5.74, 6) is -3.26. The molecule has 1 aliphatic rings. The molecule has 1 heterocycles. The van der Waals surface area contributed by atoms with Crippen molar-refractivity contribution >= 4 is 47.3 Å². The van der Waals surface area contributed by atoms with Gasteiger partial charge in [0.1, 0.15) is 30.3 Å². The highest BCUT2D eigenvalue weighted by molar-refractivity contribution is 7.98. The molecular weight excluding hydrogens is 598 g/mol. The predicted molar refractivity (Wildman–Crippen MR) is 176 cm³/mol. The van der Waals surface area contributed by atoms with Crippen LogP contribution < -0.4 is 26.6 Å². The van der Waals surface area contributed by atoms with Crippen molar-refractivity contribution in [2.24, 2.45) is 17.8 Å². The Morgan fingerprint density at radius 3 is 2.09 bits per heavy atom. The molecule has 0 aromatic rings. The molecule has 12 nitrogen and oxygen atoms in total. The number of esters is 1. The molecule has 5 N–H and O–H groups in total. The van der Waals surface area contributed by atoms with Crippen LogP contribution in [0.3, 0.4) is 0 Å². The second-order valence-electron chi connectivity index (χ2n) is 12.8. The number of amides is 5. The molecule has 0 spiro atoms. The summed E-state index contributed by atoms with van der Waals surface area (Å²) < 4.78 is 5.90. The Hall–Kier alpha value is -2.83. The maximum Gasteiger partial charge on any atom is 0.328 e. The largest absolute Gasteiger partial charge is 0.460 e. The summed E-state index contributed by atoms with van der Waals surface area (Å²) in [4.78, 5) is 79.1. The summed E-state index contributed by atoms with van der Waals surface area (Å²) in [6.45, 7) is 12.5. The summed E-state index contributed by atoms with van der Waals surface area (Å²) >= 11 is 1.51. The molecular formula is C32H57N5O7S. The zero-order chi connectivity index (χ0) is 34.1. The van der Waals surface area contributed by atoms with Gasteiger partial charge in [0.05, 0.1) is 13.0 Å². The molecule has 1 aliphatic heterocycles. The molecule has 1 rings (SSSR count). The second-order valence-corrected chi connectivity index (χ2v) is 13.8. The summed E-state index contributed by atoms with van der Waals surface area (Å²) in [5.41, 5.74) is 0. The molecule has 6 atom stereocenters. The normalized spacial score (nSPS) is 25.6. The Morgan fingerprint density at radius 1 is 0.822 bits per heavy atom. The summed E-state index contributed by atoms with van der Waals surface area (Å²) in [7, 11) is 0. The van der Waals surface area contributed by atoms with Crippen LogP contribution in [-0.2, 0) is 33.5 Å². The molecule has 0 aromatic heterocycles. The minimum atomic E-state index is -1.02. The van der Waals surface area contributed by atoms with Gasteiger partial charge in [-0.15, -0.1) is 0 Å². The smallest absolute Gasteiger partial charge is 0.328 e. The van der Waals surface area contributed by atoms with Gasteiger partial charge in [0, 0.05) is 0 Å². The van der Waals surface area contributed by atoms with E-state index in [4.69, 9.17) is 4.74 Å². The predicted octanol–water partition coefficient (Wildman–Crippen LogP) is 2.44. The molecule has 0 bridgehead atoms. The average molecular weight is 656 g/mol. The van der Waals surface area contributed by atoms with E-state index in [0.717, 1.165) is 32.1 Å². The Balaban J connectivity index is 3.39. The zero-order valence-corrected chi connectivity index (χ0v) is 29.3.